The van der Waals surface area contributed by atoms with E-state index in [2.05, 4.69) is 11.7 Å². The highest BCUT2D eigenvalue weighted by Gasteiger charge is 2.35. The fourth-order valence-electron chi connectivity index (χ4n) is 1.22. The van der Waals surface area contributed by atoms with Crippen LogP contribution in [0.2, 0.25) is 0 Å². The third-order valence-corrected chi connectivity index (χ3v) is 2.40. The van der Waals surface area contributed by atoms with Gasteiger partial charge in [0.25, 0.3) is 0 Å². The van der Waals surface area contributed by atoms with Gasteiger partial charge in [0.05, 0.1) is 7.11 Å². The molecule has 3 nitrogen and oxygen atoms in total. The number of Topliss-reactive ketones (excluding diaryl/α,β-unsaturated/α-hetero) is 1. The fourth-order valence-corrected chi connectivity index (χ4v) is 1.22. The smallest absolute Gasteiger partial charge is 0.318 e. The van der Waals surface area contributed by atoms with Crippen LogP contribution in [0.4, 0.5) is 0 Å². The summed E-state index contributed by atoms with van der Waals surface area (Å²) in [5.74, 6) is -0.475. The van der Waals surface area contributed by atoms with Crippen LogP contribution in [0.15, 0.2) is 0 Å². The molecule has 0 saturated carbocycles. The Morgan fingerprint density at radius 2 is 1.79 bits per heavy atom. The average Bonchev–Trinajstić information content (AvgIpc) is 2.16. The van der Waals surface area contributed by atoms with Crippen LogP contribution in [0, 0.1) is 5.41 Å². The summed E-state index contributed by atoms with van der Waals surface area (Å²) in [5, 5.41) is 0. The normalized spacial score (nSPS) is 11.1. The molecule has 82 valence electrons. The molecule has 0 heterocycles. The van der Waals surface area contributed by atoms with Crippen molar-refractivity contribution >= 4 is 11.8 Å². The number of unbranched alkanes of at least 4 members (excludes halogenated alkanes) is 2. The van der Waals surface area contributed by atoms with Crippen molar-refractivity contribution in [3.8, 4) is 0 Å². The molecule has 0 aliphatic rings. The number of ether oxygens (including phenoxy) is 1. The molecule has 0 N–H and O–H groups in total. The zero-order chi connectivity index (χ0) is 11.2. The highest BCUT2D eigenvalue weighted by molar-refractivity contribution is 6.02. The molecule has 0 fully saturated rings. The van der Waals surface area contributed by atoms with Crippen LogP contribution in [0.5, 0.6) is 0 Å². The maximum Gasteiger partial charge on any atom is 0.318 e. The van der Waals surface area contributed by atoms with E-state index in [-0.39, 0.29) is 5.78 Å². The van der Waals surface area contributed by atoms with E-state index in [0.29, 0.717) is 6.42 Å². The van der Waals surface area contributed by atoms with E-state index in [4.69, 9.17) is 0 Å². The predicted octanol–water partition coefficient (Wildman–Crippen LogP) is 2.33. The van der Waals surface area contributed by atoms with Crippen LogP contribution < -0.4 is 0 Å². The Balaban J connectivity index is 4.15. The van der Waals surface area contributed by atoms with Crippen LogP contribution in [0.3, 0.4) is 0 Å². The fraction of sp³-hybridized carbons (Fsp3) is 0.818. The van der Waals surface area contributed by atoms with Crippen LogP contribution in [-0.2, 0) is 14.3 Å². The number of rotatable bonds is 6. The molecule has 0 bridgehead atoms. The quantitative estimate of drug-likeness (QED) is 0.375. The molecule has 0 aliphatic carbocycles. The summed E-state index contributed by atoms with van der Waals surface area (Å²) < 4.78 is 4.58. The highest BCUT2D eigenvalue weighted by atomic mass is 16.5. The molecule has 0 aromatic carbocycles. The lowest BCUT2D eigenvalue weighted by Gasteiger charge is -2.19. The molecule has 0 aromatic rings. The van der Waals surface area contributed by atoms with E-state index >= 15 is 0 Å². The number of hydrogen-bond donors (Lipinski definition) is 0. The van der Waals surface area contributed by atoms with Crippen molar-refractivity contribution in [3.63, 3.8) is 0 Å². The van der Waals surface area contributed by atoms with Crippen molar-refractivity contribution < 1.29 is 14.3 Å². The van der Waals surface area contributed by atoms with E-state index in [1.165, 1.54) is 7.11 Å². The van der Waals surface area contributed by atoms with Gasteiger partial charge in [-0.3, -0.25) is 9.59 Å². The Labute approximate surface area is 85.8 Å². The molecule has 0 spiro atoms. The average molecular weight is 200 g/mol. The summed E-state index contributed by atoms with van der Waals surface area (Å²) >= 11 is 0. The number of ketones is 1. The second kappa shape index (κ2) is 5.78. The minimum Gasteiger partial charge on any atom is -0.468 e. The molecular weight excluding hydrogens is 180 g/mol. The molecule has 0 atom stereocenters. The van der Waals surface area contributed by atoms with Gasteiger partial charge in [0, 0.05) is 6.42 Å². The van der Waals surface area contributed by atoms with Gasteiger partial charge in [-0.1, -0.05) is 19.8 Å². The molecule has 0 aromatic heterocycles. The van der Waals surface area contributed by atoms with E-state index in [1.807, 2.05) is 0 Å². The van der Waals surface area contributed by atoms with Gasteiger partial charge in [-0.05, 0) is 20.3 Å². The Morgan fingerprint density at radius 3 is 2.21 bits per heavy atom. The van der Waals surface area contributed by atoms with Crippen LogP contribution in [0.25, 0.3) is 0 Å². The molecule has 0 saturated heterocycles. The first-order valence-electron chi connectivity index (χ1n) is 5.08. The zero-order valence-electron chi connectivity index (χ0n) is 9.55. The lowest BCUT2D eigenvalue weighted by atomic mass is 9.85. The van der Waals surface area contributed by atoms with Crippen LogP contribution in [0.1, 0.15) is 46.5 Å². The molecular formula is C11H20O3. The van der Waals surface area contributed by atoms with Crippen molar-refractivity contribution in [2.75, 3.05) is 7.11 Å². The SMILES string of the molecule is CCCCCC(=O)C(C)(C)C(=O)OC. The summed E-state index contributed by atoms with van der Waals surface area (Å²) in [7, 11) is 1.31. The van der Waals surface area contributed by atoms with Gasteiger partial charge in [-0.25, -0.2) is 0 Å². The molecule has 14 heavy (non-hydrogen) atoms. The molecule has 0 amide bonds. The van der Waals surface area contributed by atoms with Crippen LogP contribution in [-0.4, -0.2) is 18.9 Å². The number of methoxy groups -OCH3 is 1. The summed E-state index contributed by atoms with van der Waals surface area (Å²) in [6.45, 7) is 5.32. The predicted molar refractivity (Wildman–Crippen MR) is 54.9 cm³/mol. The van der Waals surface area contributed by atoms with E-state index < -0.39 is 11.4 Å². The summed E-state index contributed by atoms with van der Waals surface area (Å²) in [6, 6.07) is 0. The summed E-state index contributed by atoms with van der Waals surface area (Å²) in [4.78, 5) is 22.9. The first-order valence-corrected chi connectivity index (χ1v) is 5.08. The second-order valence-electron chi connectivity index (χ2n) is 4.00. The van der Waals surface area contributed by atoms with Gasteiger partial charge in [-0.2, -0.15) is 0 Å². The van der Waals surface area contributed by atoms with Crippen molar-refractivity contribution in [1.29, 1.82) is 0 Å². The third-order valence-electron chi connectivity index (χ3n) is 2.40. The molecule has 0 radical (unpaired) electrons. The summed E-state index contributed by atoms with van der Waals surface area (Å²) in [6.07, 6.45) is 3.43. The Hall–Kier alpha value is -0.860. The number of carbonyl (C=O) groups excluding carboxylic acids is 2. The number of esters is 1. The van der Waals surface area contributed by atoms with Crippen molar-refractivity contribution in [1.82, 2.24) is 0 Å². The monoisotopic (exact) mass is 200 g/mol. The van der Waals surface area contributed by atoms with Gasteiger partial charge >= 0.3 is 5.97 Å². The lowest BCUT2D eigenvalue weighted by Crippen LogP contribution is -2.34. The topological polar surface area (TPSA) is 43.4 Å². The number of hydrogen-bond acceptors (Lipinski definition) is 3. The van der Waals surface area contributed by atoms with Gasteiger partial charge in [-0.15, -0.1) is 0 Å². The third kappa shape index (κ3) is 3.48. The van der Waals surface area contributed by atoms with E-state index in [1.54, 1.807) is 13.8 Å². The largest absolute Gasteiger partial charge is 0.468 e. The number of carbonyl (C=O) groups is 2. The Kier molecular flexibility index (Phi) is 5.43. The van der Waals surface area contributed by atoms with Gasteiger partial charge in [0.1, 0.15) is 11.2 Å². The molecule has 0 aliphatic heterocycles. The van der Waals surface area contributed by atoms with E-state index in [0.717, 1.165) is 19.3 Å². The Morgan fingerprint density at radius 1 is 1.21 bits per heavy atom. The van der Waals surface area contributed by atoms with E-state index in [9.17, 15) is 9.59 Å². The minimum absolute atomic E-state index is 0.0298. The zero-order valence-corrected chi connectivity index (χ0v) is 9.55. The maximum atomic E-state index is 11.6. The Bertz CT molecular complexity index is 207. The van der Waals surface area contributed by atoms with Crippen molar-refractivity contribution in [3.05, 3.63) is 0 Å². The molecule has 3 heteroatoms. The highest BCUT2D eigenvalue weighted by Crippen LogP contribution is 2.21. The van der Waals surface area contributed by atoms with Gasteiger partial charge in [0.2, 0.25) is 0 Å². The maximum absolute atomic E-state index is 11.6. The van der Waals surface area contributed by atoms with Crippen molar-refractivity contribution in [2.45, 2.75) is 46.5 Å². The second-order valence-corrected chi connectivity index (χ2v) is 4.00. The lowest BCUT2D eigenvalue weighted by molar-refractivity contribution is -0.155. The molecule has 0 rings (SSSR count). The van der Waals surface area contributed by atoms with Gasteiger partial charge in [0.15, 0.2) is 0 Å². The standard InChI is InChI=1S/C11H20O3/c1-5-6-7-8-9(12)11(2,3)10(13)14-4/h5-8H2,1-4H3. The molecule has 0 unspecified atom stereocenters. The van der Waals surface area contributed by atoms with Crippen molar-refractivity contribution in [2.24, 2.45) is 5.41 Å². The summed E-state index contributed by atoms with van der Waals surface area (Å²) in [5.41, 5.74) is -0.984. The first-order chi connectivity index (χ1) is 6.46. The minimum atomic E-state index is -0.984. The van der Waals surface area contributed by atoms with Gasteiger partial charge < -0.3 is 4.74 Å². The van der Waals surface area contributed by atoms with Crippen LogP contribution >= 0.6 is 0 Å². The first kappa shape index (κ1) is 13.1.